The van der Waals surface area contributed by atoms with Crippen LogP contribution in [0.4, 0.5) is 0 Å². The van der Waals surface area contributed by atoms with E-state index in [2.05, 4.69) is 38.5 Å². The average molecular weight is 488 g/mol. The predicted molar refractivity (Wildman–Crippen MR) is 122 cm³/mol. The highest BCUT2D eigenvalue weighted by Gasteiger charge is 2.32. The van der Waals surface area contributed by atoms with Crippen LogP contribution in [-0.4, -0.2) is 86.4 Å². The van der Waals surface area contributed by atoms with Crippen LogP contribution in [0.3, 0.4) is 0 Å². The zero-order chi connectivity index (χ0) is 25.0. The molecule has 0 bridgehead atoms. The summed E-state index contributed by atoms with van der Waals surface area (Å²) >= 11 is 3.87. The lowest BCUT2D eigenvalue weighted by Gasteiger charge is -2.26. The molecule has 10 N–H and O–H groups in total. The minimum absolute atomic E-state index is 0.169. The summed E-state index contributed by atoms with van der Waals surface area (Å²) in [5, 5.41) is 26.2. The molecule has 0 aliphatic carbocycles. The Bertz CT molecular complexity index is 777. The molecule has 14 heteroatoms. The summed E-state index contributed by atoms with van der Waals surface area (Å²) in [4.78, 5) is 55.7. The molecule has 1 aromatic heterocycles. The van der Waals surface area contributed by atoms with Crippen molar-refractivity contribution in [3.8, 4) is 0 Å². The Morgan fingerprint density at radius 1 is 1.12 bits per heavy atom. The topological polar surface area (TPSA) is 226 Å². The number of hydrogen-bond donors (Lipinski definition) is 9. The van der Waals surface area contributed by atoms with Gasteiger partial charge in [-0.3, -0.25) is 14.4 Å². The molecule has 13 nitrogen and oxygen atoms in total. The van der Waals surface area contributed by atoms with Gasteiger partial charge in [0.15, 0.2) is 0 Å². The first-order valence-electron chi connectivity index (χ1n) is 10.5. The number of aliphatic hydroxyl groups excluding tert-OH is 1. The van der Waals surface area contributed by atoms with E-state index in [1.54, 1.807) is 0 Å². The lowest BCUT2D eigenvalue weighted by atomic mass is 10.1. The minimum Gasteiger partial charge on any atom is -0.480 e. The number of H-pyrrole nitrogens is 1. The van der Waals surface area contributed by atoms with Crippen LogP contribution >= 0.6 is 12.6 Å². The molecule has 186 valence electrons. The van der Waals surface area contributed by atoms with Crippen LogP contribution in [0.5, 0.6) is 0 Å². The predicted octanol–water partition coefficient (Wildman–Crippen LogP) is -2.74. The second kappa shape index (κ2) is 14.5. The van der Waals surface area contributed by atoms with Crippen molar-refractivity contribution in [3.05, 3.63) is 18.2 Å². The van der Waals surface area contributed by atoms with Gasteiger partial charge in [-0.1, -0.05) is 0 Å². The SMILES string of the molecule is CC(O)C(NC(=O)C(CCCCN)NC(=O)C(N)Cc1cnc[nH]1)C(=O)NC(CS)C(=O)O. The van der Waals surface area contributed by atoms with Crippen LogP contribution < -0.4 is 27.4 Å². The standard InChI is InChI=1S/C19H33N7O6S/c1-10(27)15(18(30)25-14(8-33)19(31)32)26-17(29)13(4-2-3-5-20)24-16(28)12(21)6-11-7-22-9-23-11/h7,9-10,12-15,27,33H,2-6,8,20-21H2,1H3,(H,22,23)(H,24,28)(H,25,30)(H,26,29)(H,31,32). The normalized spacial score (nSPS) is 15.5. The number of nitrogens with two attached hydrogens (primary N) is 2. The summed E-state index contributed by atoms with van der Waals surface area (Å²) < 4.78 is 0. The molecule has 0 aliphatic rings. The molecule has 5 atom stereocenters. The number of thiol groups is 1. The van der Waals surface area contributed by atoms with Crippen molar-refractivity contribution in [2.45, 2.75) is 62.9 Å². The maximum atomic E-state index is 12.9. The molecule has 0 aromatic carbocycles. The Morgan fingerprint density at radius 2 is 1.79 bits per heavy atom. The number of amides is 3. The minimum atomic E-state index is -1.45. The van der Waals surface area contributed by atoms with Crippen molar-refractivity contribution < 1.29 is 29.4 Å². The van der Waals surface area contributed by atoms with Crippen molar-refractivity contribution in [2.75, 3.05) is 12.3 Å². The first-order chi connectivity index (χ1) is 15.6. The quantitative estimate of drug-likeness (QED) is 0.0922. The van der Waals surface area contributed by atoms with E-state index < -0.39 is 54.0 Å². The molecule has 0 saturated carbocycles. The second-order valence-electron chi connectivity index (χ2n) is 7.54. The smallest absolute Gasteiger partial charge is 0.327 e. The molecule has 0 fully saturated rings. The molecule has 1 heterocycles. The number of aromatic nitrogens is 2. The number of nitrogens with one attached hydrogen (secondary N) is 4. The van der Waals surface area contributed by atoms with Crippen LogP contribution in [0.25, 0.3) is 0 Å². The van der Waals surface area contributed by atoms with Crippen molar-refractivity contribution in [1.82, 2.24) is 25.9 Å². The number of imidazole rings is 1. The summed E-state index contributed by atoms with van der Waals surface area (Å²) in [6, 6.07) is -4.77. The van der Waals surface area contributed by atoms with E-state index in [9.17, 15) is 24.3 Å². The van der Waals surface area contributed by atoms with E-state index in [1.165, 1.54) is 19.4 Å². The van der Waals surface area contributed by atoms with Crippen molar-refractivity contribution in [3.63, 3.8) is 0 Å². The molecule has 33 heavy (non-hydrogen) atoms. The van der Waals surface area contributed by atoms with Crippen LogP contribution in [-0.2, 0) is 25.6 Å². The van der Waals surface area contributed by atoms with E-state index in [-0.39, 0.29) is 18.6 Å². The van der Waals surface area contributed by atoms with Gasteiger partial charge in [0.2, 0.25) is 17.7 Å². The fourth-order valence-corrected chi connectivity index (χ4v) is 3.12. The van der Waals surface area contributed by atoms with Gasteiger partial charge < -0.3 is 42.6 Å². The summed E-state index contributed by atoms with van der Waals surface area (Å²) in [5.41, 5.74) is 12.1. The molecule has 1 aromatic rings. The molecular formula is C19H33N7O6S. The Kier molecular flexibility index (Phi) is 12.4. The number of unbranched alkanes of at least 4 members (excludes halogenated alkanes) is 1. The Morgan fingerprint density at radius 3 is 2.30 bits per heavy atom. The van der Waals surface area contributed by atoms with Crippen LogP contribution in [0.2, 0.25) is 0 Å². The molecule has 0 aliphatic heterocycles. The van der Waals surface area contributed by atoms with Gasteiger partial charge in [0.05, 0.1) is 18.5 Å². The zero-order valence-electron chi connectivity index (χ0n) is 18.4. The van der Waals surface area contributed by atoms with Gasteiger partial charge in [0.1, 0.15) is 18.1 Å². The number of rotatable bonds is 15. The average Bonchev–Trinajstić information content (AvgIpc) is 3.27. The number of aromatic amines is 1. The van der Waals surface area contributed by atoms with E-state index in [4.69, 9.17) is 16.6 Å². The summed E-state index contributed by atoms with van der Waals surface area (Å²) in [5.74, 6) is -3.72. The van der Waals surface area contributed by atoms with Gasteiger partial charge in [-0.2, -0.15) is 12.6 Å². The lowest BCUT2D eigenvalue weighted by molar-refractivity contribution is -0.142. The first kappa shape index (κ1) is 28.4. The highest BCUT2D eigenvalue weighted by Crippen LogP contribution is 2.05. The largest absolute Gasteiger partial charge is 0.480 e. The monoisotopic (exact) mass is 487 g/mol. The van der Waals surface area contributed by atoms with Gasteiger partial charge in [-0.25, -0.2) is 9.78 Å². The van der Waals surface area contributed by atoms with E-state index >= 15 is 0 Å². The number of nitrogens with zero attached hydrogens (tertiary/aromatic N) is 1. The summed E-state index contributed by atoms with van der Waals surface area (Å²) in [6.07, 6.45) is 3.13. The highest BCUT2D eigenvalue weighted by molar-refractivity contribution is 7.80. The number of carboxylic acids is 1. The Labute approximate surface area is 196 Å². The molecular weight excluding hydrogens is 454 g/mol. The molecule has 0 saturated heterocycles. The first-order valence-corrected chi connectivity index (χ1v) is 11.1. The van der Waals surface area contributed by atoms with Gasteiger partial charge in [-0.05, 0) is 32.7 Å². The zero-order valence-corrected chi connectivity index (χ0v) is 19.3. The van der Waals surface area contributed by atoms with Crippen molar-refractivity contribution in [1.29, 1.82) is 0 Å². The summed E-state index contributed by atoms with van der Waals surface area (Å²) in [6.45, 7) is 1.66. The number of hydrogen-bond acceptors (Lipinski definition) is 9. The molecule has 1 rings (SSSR count). The van der Waals surface area contributed by atoms with Crippen LogP contribution in [0.1, 0.15) is 31.9 Å². The third-order valence-corrected chi connectivity index (χ3v) is 5.14. The maximum Gasteiger partial charge on any atom is 0.327 e. The van der Waals surface area contributed by atoms with E-state index in [0.717, 1.165) is 0 Å². The van der Waals surface area contributed by atoms with Gasteiger partial charge in [0, 0.05) is 24.1 Å². The van der Waals surface area contributed by atoms with Crippen LogP contribution in [0, 0.1) is 0 Å². The third kappa shape index (κ3) is 9.77. The lowest BCUT2D eigenvalue weighted by Crippen LogP contribution is -2.60. The molecule has 5 unspecified atom stereocenters. The van der Waals surface area contributed by atoms with Gasteiger partial charge in [-0.15, -0.1) is 0 Å². The third-order valence-electron chi connectivity index (χ3n) is 4.77. The van der Waals surface area contributed by atoms with Crippen LogP contribution in [0.15, 0.2) is 12.5 Å². The second-order valence-corrected chi connectivity index (χ2v) is 7.91. The number of carbonyl (C=O) groups excluding carboxylic acids is 3. The Balaban J connectivity index is 2.87. The Hall–Kier alpha value is -2.68. The van der Waals surface area contributed by atoms with Crippen molar-refractivity contribution in [2.24, 2.45) is 11.5 Å². The fourth-order valence-electron chi connectivity index (χ4n) is 2.87. The van der Waals surface area contributed by atoms with Gasteiger partial charge >= 0.3 is 5.97 Å². The number of aliphatic hydroxyl groups is 1. The molecule has 0 spiro atoms. The highest BCUT2D eigenvalue weighted by atomic mass is 32.1. The fraction of sp³-hybridized carbons (Fsp3) is 0.632. The molecule has 3 amide bonds. The maximum absolute atomic E-state index is 12.9. The van der Waals surface area contributed by atoms with E-state index in [0.29, 0.717) is 25.1 Å². The molecule has 0 radical (unpaired) electrons. The number of aliphatic carboxylic acids is 1. The number of carboxylic acid groups (broad SMARTS) is 1. The van der Waals surface area contributed by atoms with Gasteiger partial charge in [0.25, 0.3) is 0 Å². The van der Waals surface area contributed by atoms with Crippen molar-refractivity contribution >= 4 is 36.3 Å². The number of carbonyl (C=O) groups is 4. The summed E-state index contributed by atoms with van der Waals surface area (Å²) in [7, 11) is 0. The van der Waals surface area contributed by atoms with E-state index in [1.807, 2.05) is 0 Å².